The van der Waals surface area contributed by atoms with E-state index >= 15 is 0 Å². The highest BCUT2D eigenvalue weighted by molar-refractivity contribution is 7.45. The van der Waals surface area contributed by atoms with Crippen LogP contribution in [0.5, 0.6) is 0 Å². The Hall–Kier alpha value is -0.530. The summed E-state index contributed by atoms with van der Waals surface area (Å²) in [6, 6.07) is 0. The van der Waals surface area contributed by atoms with Gasteiger partial charge in [0.1, 0.15) is 19.3 Å². The first kappa shape index (κ1) is 51.5. The third-order valence-electron chi connectivity index (χ3n) is 9.54. The molecule has 0 aromatic rings. The van der Waals surface area contributed by atoms with Crippen LogP contribution in [0, 0.1) is 0 Å². The number of phosphoric ester groups is 1. The zero-order chi connectivity index (χ0) is 38.3. The van der Waals surface area contributed by atoms with E-state index in [1.54, 1.807) is 0 Å². The Morgan fingerprint density at radius 3 is 1.31 bits per heavy atom. The van der Waals surface area contributed by atoms with Gasteiger partial charge < -0.3 is 27.9 Å². The minimum Gasteiger partial charge on any atom is -0.756 e. The number of nitrogens with zero attached hydrogens (tertiary/aromatic N) is 1. The molecule has 0 aromatic heterocycles. The Morgan fingerprint density at radius 1 is 0.500 bits per heavy atom. The molecule has 310 valence electrons. The summed E-state index contributed by atoms with van der Waals surface area (Å²) < 4.78 is 35.3. The van der Waals surface area contributed by atoms with E-state index in [4.69, 9.17) is 18.5 Å². The summed E-state index contributed by atoms with van der Waals surface area (Å²) in [5.74, 6) is 0. The number of unbranched alkanes of at least 4 members (excludes halogenated alkanes) is 24. The number of phosphoric acid groups is 1. The van der Waals surface area contributed by atoms with Gasteiger partial charge in [-0.2, -0.15) is 0 Å². The highest BCUT2D eigenvalue weighted by Gasteiger charge is 2.18. The molecule has 0 spiro atoms. The summed E-state index contributed by atoms with van der Waals surface area (Å²) in [5.41, 5.74) is 0. The molecule has 0 fully saturated rings. The fourth-order valence-electron chi connectivity index (χ4n) is 6.05. The molecule has 8 heteroatoms. The largest absolute Gasteiger partial charge is 0.756 e. The highest BCUT2D eigenvalue weighted by atomic mass is 31.2. The molecule has 0 N–H and O–H groups in total. The van der Waals surface area contributed by atoms with Crippen molar-refractivity contribution in [1.29, 1.82) is 0 Å². The summed E-state index contributed by atoms with van der Waals surface area (Å²) in [5, 5.41) is 0. The van der Waals surface area contributed by atoms with Gasteiger partial charge in [-0.1, -0.05) is 154 Å². The monoisotopic (exact) mass is 758 g/mol. The van der Waals surface area contributed by atoms with Gasteiger partial charge in [0, 0.05) is 13.2 Å². The fourth-order valence-corrected chi connectivity index (χ4v) is 6.78. The summed E-state index contributed by atoms with van der Waals surface area (Å²) in [4.78, 5) is 12.4. The molecule has 0 rings (SSSR count). The van der Waals surface area contributed by atoms with Gasteiger partial charge in [-0.05, 0) is 64.2 Å². The molecule has 0 aliphatic rings. The Balaban J connectivity index is 4.11. The summed E-state index contributed by atoms with van der Waals surface area (Å²) in [6.07, 6.45) is 44.7. The van der Waals surface area contributed by atoms with Gasteiger partial charge in [-0.25, -0.2) is 0 Å². The Morgan fingerprint density at radius 2 is 0.885 bits per heavy atom. The lowest BCUT2D eigenvalue weighted by Crippen LogP contribution is -2.37. The first-order valence-corrected chi connectivity index (χ1v) is 23.6. The smallest absolute Gasteiger partial charge is 0.268 e. The average molecular weight is 758 g/mol. The van der Waals surface area contributed by atoms with Crippen LogP contribution >= 0.6 is 7.82 Å². The van der Waals surface area contributed by atoms with Crippen molar-refractivity contribution in [3.05, 3.63) is 24.3 Å². The van der Waals surface area contributed by atoms with Gasteiger partial charge in [-0.15, -0.1) is 0 Å². The van der Waals surface area contributed by atoms with Crippen LogP contribution in [0.25, 0.3) is 0 Å². The lowest BCUT2D eigenvalue weighted by molar-refractivity contribution is -0.870. The Bertz CT molecular complexity index is 830. The second kappa shape index (κ2) is 38.7. The molecule has 0 radical (unpaired) electrons. The molecule has 0 amide bonds. The molecule has 52 heavy (non-hydrogen) atoms. The lowest BCUT2D eigenvalue weighted by Gasteiger charge is -2.28. The van der Waals surface area contributed by atoms with Gasteiger partial charge in [0.15, 0.2) is 0 Å². The van der Waals surface area contributed by atoms with E-state index in [2.05, 4.69) is 38.2 Å². The van der Waals surface area contributed by atoms with Crippen LogP contribution in [-0.2, 0) is 23.1 Å². The molecule has 0 saturated heterocycles. The van der Waals surface area contributed by atoms with E-state index in [0.717, 1.165) is 25.7 Å². The molecule has 0 heterocycles. The molecule has 2 atom stereocenters. The van der Waals surface area contributed by atoms with Crippen LogP contribution in [0.3, 0.4) is 0 Å². The molecule has 0 aromatic carbocycles. The average Bonchev–Trinajstić information content (AvgIpc) is 3.10. The van der Waals surface area contributed by atoms with Crippen molar-refractivity contribution in [2.24, 2.45) is 0 Å². The van der Waals surface area contributed by atoms with E-state index in [-0.39, 0.29) is 13.2 Å². The number of likely N-dealkylation sites (N-methyl/N-ethyl adjacent to an activating group) is 1. The van der Waals surface area contributed by atoms with Crippen molar-refractivity contribution in [1.82, 2.24) is 0 Å². The van der Waals surface area contributed by atoms with E-state index in [1.165, 1.54) is 154 Å². The van der Waals surface area contributed by atoms with E-state index < -0.39 is 13.9 Å². The van der Waals surface area contributed by atoms with Crippen molar-refractivity contribution in [2.75, 3.05) is 60.7 Å². The summed E-state index contributed by atoms with van der Waals surface area (Å²) >= 11 is 0. The van der Waals surface area contributed by atoms with Crippen LogP contribution in [-0.4, -0.2) is 71.3 Å². The SMILES string of the molecule is CCCCCCCC/C=C\CCCCCCCCOC[C@H](COP(=O)([O-])OCC[N+](C)(C)C)OCCCCCCCC/C=C\CCCCCCCC. The van der Waals surface area contributed by atoms with Crippen LogP contribution in [0.2, 0.25) is 0 Å². The van der Waals surface area contributed by atoms with Crippen LogP contribution in [0.15, 0.2) is 24.3 Å². The van der Waals surface area contributed by atoms with Crippen molar-refractivity contribution < 1.29 is 32.5 Å². The van der Waals surface area contributed by atoms with Crippen molar-refractivity contribution in [3.8, 4) is 0 Å². The molecule has 0 saturated carbocycles. The number of ether oxygens (including phenoxy) is 2. The van der Waals surface area contributed by atoms with E-state index in [1.807, 2.05) is 21.1 Å². The highest BCUT2D eigenvalue weighted by Crippen LogP contribution is 2.38. The molecule has 0 bridgehead atoms. The number of allylic oxidation sites excluding steroid dienone is 4. The Labute approximate surface area is 324 Å². The fraction of sp³-hybridized carbons (Fsp3) is 0.909. The quantitative estimate of drug-likeness (QED) is 0.0267. The number of hydrogen-bond donors (Lipinski definition) is 0. The number of quaternary nitrogens is 1. The zero-order valence-corrected chi connectivity index (χ0v) is 36.2. The predicted molar refractivity (Wildman–Crippen MR) is 222 cm³/mol. The Kier molecular flexibility index (Phi) is 38.3. The number of hydrogen-bond acceptors (Lipinski definition) is 6. The molecule has 0 aliphatic heterocycles. The zero-order valence-electron chi connectivity index (χ0n) is 35.3. The van der Waals surface area contributed by atoms with Crippen molar-refractivity contribution >= 4 is 7.82 Å². The maximum Gasteiger partial charge on any atom is 0.268 e. The van der Waals surface area contributed by atoms with Gasteiger partial charge in [0.2, 0.25) is 0 Å². The molecule has 7 nitrogen and oxygen atoms in total. The maximum atomic E-state index is 12.4. The van der Waals surface area contributed by atoms with Crippen molar-refractivity contribution in [3.63, 3.8) is 0 Å². The lowest BCUT2D eigenvalue weighted by atomic mass is 10.1. The van der Waals surface area contributed by atoms with Gasteiger partial charge in [-0.3, -0.25) is 4.57 Å². The minimum absolute atomic E-state index is 0.0784. The van der Waals surface area contributed by atoms with Crippen molar-refractivity contribution in [2.45, 2.75) is 200 Å². The molecular weight excluding hydrogens is 669 g/mol. The van der Waals surface area contributed by atoms with Crippen LogP contribution < -0.4 is 4.89 Å². The second-order valence-corrected chi connectivity index (χ2v) is 17.4. The molecule has 0 aliphatic carbocycles. The normalized spacial score (nSPS) is 14.2. The predicted octanol–water partition coefficient (Wildman–Crippen LogP) is 12.7. The van der Waals surface area contributed by atoms with E-state index in [9.17, 15) is 9.46 Å². The van der Waals surface area contributed by atoms with E-state index in [0.29, 0.717) is 30.8 Å². The summed E-state index contributed by atoms with van der Waals surface area (Å²) in [7, 11) is 1.59. The third kappa shape index (κ3) is 42.2. The minimum atomic E-state index is -4.39. The van der Waals surface area contributed by atoms with Gasteiger partial charge >= 0.3 is 0 Å². The first-order chi connectivity index (χ1) is 25.2. The van der Waals surface area contributed by atoms with Gasteiger partial charge in [0.25, 0.3) is 7.82 Å². The third-order valence-corrected chi connectivity index (χ3v) is 10.5. The summed E-state index contributed by atoms with van der Waals surface area (Å²) in [6.45, 7) is 6.70. The van der Waals surface area contributed by atoms with Gasteiger partial charge in [0.05, 0.1) is 34.4 Å². The molecule has 1 unspecified atom stereocenters. The first-order valence-electron chi connectivity index (χ1n) is 22.1. The van der Waals surface area contributed by atoms with Crippen LogP contribution in [0.1, 0.15) is 194 Å². The maximum absolute atomic E-state index is 12.4. The second-order valence-electron chi connectivity index (χ2n) is 16.0. The topological polar surface area (TPSA) is 77.1 Å². The molecular formula is C44H88NO6P. The number of rotatable bonds is 42. The standard InChI is InChI=1S/C44H88NO6P/c1-6-8-10-12-14-16-18-20-22-24-26-28-30-32-34-36-39-48-42-44(43-51-52(46,47)50-41-38-45(3,4)5)49-40-37-35-33-31-29-27-25-23-21-19-17-15-13-11-9-7-2/h20-23,44H,6-19,24-43H2,1-5H3/b22-20-,23-21-/t44-/m1/s1. The van der Waals surface area contributed by atoms with Crippen LogP contribution in [0.4, 0.5) is 0 Å².